The average molecular weight is 342 g/mol. The summed E-state index contributed by atoms with van der Waals surface area (Å²) in [6, 6.07) is 6.56. The van der Waals surface area contributed by atoms with Crippen LogP contribution in [0.4, 0.5) is 0 Å². The Bertz CT molecular complexity index is 606. The Labute approximate surface area is 139 Å². The van der Waals surface area contributed by atoms with Crippen molar-refractivity contribution in [3.63, 3.8) is 0 Å². The highest BCUT2D eigenvalue weighted by Crippen LogP contribution is 2.22. The minimum Gasteiger partial charge on any atom is -0.469 e. The fourth-order valence-electron chi connectivity index (χ4n) is 2.58. The van der Waals surface area contributed by atoms with Gasteiger partial charge in [-0.2, -0.15) is 8.42 Å². The van der Waals surface area contributed by atoms with E-state index in [1.807, 2.05) is 13.8 Å². The molecule has 0 aliphatic heterocycles. The quantitative estimate of drug-likeness (QED) is 0.535. The molecular formula is C17H26O5S. The van der Waals surface area contributed by atoms with Gasteiger partial charge < -0.3 is 4.74 Å². The van der Waals surface area contributed by atoms with Crippen LogP contribution in [0.3, 0.4) is 0 Å². The molecular weight excluding hydrogens is 316 g/mol. The third-order valence-electron chi connectivity index (χ3n) is 3.69. The van der Waals surface area contributed by atoms with Crippen molar-refractivity contribution < 1.29 is 22.1 Å². The Kier molecular flexibility index (Phi) is 7.22. The van der Waals surface area contributed by atoms with Crippen LogP contribution in [0.2, 0.25) is 0 Å². The number of aryl methyl sites for hydroxylation is 1. The van der Waals surface area contributed by atoms with E-state index in [0.717, 1.165) is 5.56 Å². The molecule has 0 spiro atoms. The van der Waals surface area contributed by atoms with Gasteiger partial charge in [0.2, 0.25) is 0 Å². The molecule has 0 saturated carbocycles. The van der Waals surface area contributed by atoms with Crippen molar-refractivity contribution in [2.24, 2.45) is 11.8 Å². The molecule has 0 bridgehead atoms. The maximum atomic E-state index is 12.2. The minimum absolute atomic E-state index is 0.146. The topological polar surface area (TPSA) is 69.7 Å². The van der Waals surface area contributed by atoms with Crippen LogP contribution in [0.25, 0.3) is 0 Å². The van der Waals surface area contributed by atoms with Crippen LogP contribution in [0.5, 0.6) is 0 Å². The largest absolute Gasteiger partial charge is 0.469 e. The Hall–Kier alpha value is -1.40. The molecule has 0 aliphatic rings. The number of carbonyl (C=O) groups excluding carboxylic acids is 1. The lowest BCUT2D eigenvalue weighted by atomic mass is 9.93. The standard InChI is InChI=1S/C17H26O5S/c1-12-6-8-16(9-7-12)23(19,20)22-15(4)11-13(2)10-14(3)17(18)21-5/h6-9,13-15H,10-11H2,1-5H3/t13-,14+,15-/m1/s1. The van der Waals surface area contributed by atoms with Gasteiger partial charge in [0.15, 0.2) is 0 Å². The van der Waals surface area contributed by atoms with Crippen LogP contribution in [0, 0.1) is 18.8 Å². The van der Waals surface area contributed by atoms with Gasteiger partial charge in [-0.05, 0) is 44.7 Å². The first-order valence-corrected chi connectivity index (χ1v) is 9.14. The van der Waals surface area contributed by atoms with Crippen molar-refractivity contribution in [3.8, 4) is 0 Å². The zero-order valence-corrected chi connectivity index (χ0v) is 15.2. The first kappa shape index (κ1) is 19.6. The molecule has 0 N–H and O–H groups in total. The summed E-state index contributed by atoms with van der Waals surface area (Å²) in [5, 5.41) is 0. The minimum atomic E-state index is -3.76. The van der Waals surface area contributed by atoms with Gasteiger partial charge in [0.25, 0.3) is 10.1 Å². The van der Waals surface area contributed by atoms with E-state index in [1.54, 1.807) is 38.1 Å². The van der Waals surface area contributed by atoms with Crippen molar-refractivity contribution in [2.75, 3.05) is 7.11 Å². The van der Waals surface area contributed by atoms with E-state index in [9.17, 15) is 13.2 Å². The second-order valence-corrected chi connectivity index (χ2v) is 7.75. The molecule has 6 heteroatoms. The summed E-state index contributed by atoms with van der Waals surface area (Å²) in [7, 11) is -2.40. The average Bonchev–Trinajstić information content (AvgIpc) is 2.45. The van der Waals surface area contributed by atoms with Gasteiger partial charge in [-0.25, -0.2) is 0 Å². The van der Waals surface area contributed by atoms with Gasteiger partial charge in [-0.1, -0.05) is 31.5 Å². The Morgan fingerprint density at radius 3 is 2.17 bits per heavy atom. The van der Waals surface area contributed by atoms with E-state index in [4.69, 9.17) is 8.92 Å². The zero-order valence-electron chi connectivity index (χ0n) is 14.4. The number of ether oxygens (including phenoxy) is 1. The number of benzene rings is 1. The lowest BCUT2D eigenvalue weighted by Gasteiger charge is -2.19. The first-order chi connectivity index (χ1) is 10.7. The summed E-state index contributed by atoms with van der Waals surface area (Å²) >= 11 is 0. The summed E-state index contributed by atoms with van der Waals surface area (Å²) in [6.45, 7) is 7.39. The highest BCUT2D eigenvalue weighted by Gasteiger charge is 2.22. The first-order valence-electron chi connectivity index (χ1n) is 7.73. The van der Waals surface area contributed by atoms with Crippen molar-refractivity contribution in [2.45, 2.75) is 51.5 Å². The van der Waals surface area contributed by atoms with Crippen molar-refractivity contribution >= 4 is 16.1 Å². The molecule has 0 fully saturated rings. The number of carbonyl (C=O) groups is 1. The highest BCUT2D eigenvalue weighted by molar-refractivity contribution is 7.86. The number of rotatable bonds is 8. The number of esters is 1. The van der Waals surface area contributed by atoms with E-state index in [-0.39, 0.29) is 22.7 Å². The molecule has 0 unspecified atom stereocenters. The van der Waals surface area contributed by atoms with E-state index >= 15 is 0 Å². The van der Waals surface area contributed by atoms with Gasteiger partial charge in [-0.15, -0.1) is 0 Å². The number of methoxy groups -OCH3 is 1. The summed E-state index contributed by atoms with van der Waals surface area (Å²) in [5.41, 5.74) is 0.988. The zero-order chi connectivity index (χ0) is 17.6. The molecule has 0 radical (unpaired) electrons. The fraction of sp³-hybridized carbons (Fsp3) is 0.588. The molecule has 0 saturated heterocycles. The molecule has 5 nitrogen and oxygen atoms in total. The molecule has 0 aromatic heterocycles. The number of hydrogen-bond acceptors (Lipinski definition) is 5. The number of hydrogen-bond donors (Lipinski definition) is 0. The summed E-state index contributed by atoms with van der Waals surface area (Å²) < 4.78 is 34.4. The van der Waals surface area contributed by atoms with Crippen molar-refractivity contribution in [3.05, 3.63) is 29.8 Å². The van der Waals surface area contributed by atoms with Gasteiger partial charge in [0.05, 0.1) is 24.0 Å². The van der Waals surface area contributed by atoms with Crippen LogP contribution in [0.15, 0.2) is 29.2 Å². The van der Waals surface area contributed by atoms with Crippen LogP contribution in [-0.4, -0.2) is 27.6 Å². The summed E-state index contributed by atoms with van der Waals surface area (Å²) in [4.78, 5) is 11.6. The Morgan fingerprint density at radius 2 is 1.65 bits per heavy atom. The monoisotopic (exact) mass is 342 g/mol. The van der Waals surface area contributed by atoms with Crippen molar-refractivity contribution in [1.29, 1.82) is 0 Å². The molecule has 3 atom stereocenters. The van der Waals surface area contributed by atoms with Gasteiger partial charge in [-0.3, -0.25) is 8.98 Å². The Balaban J connectivity index is 2.59. The molecule has 130 valence electrons. The van der Waals surface area contributed by atoms with Crippen LogP contribution in [-0.2, 0) is 23.8 Å². The van der Waals surface area contributed by atoms with E-state index in [1.165, 1.54) is 7.11 Å². The van der Waals surface area contributed by atoms with Gasteiger partial charge >= 0.3 is 5.97 Å². The lowest BCUT2D eigenvalue weighted by molar-refractivity contribution is -0.145. The molecule has 0 amide bonds. The summed E-state index contributed by atoms with van der Waals surface area (Å²) in [6.07, 6.45) is 0.721. The SMILES string of the molecule is COC(=O)[C@@H](C)C[C@@H](C)C[C@@H](C)OS(=O)(=O)c1ccc(C)cc1. The summed E-state index contributed by atoms with van der Waals surface area (Å²) in [5.74, 6) is -0.319. The van der Waals surface area contributed by atoms with E-state index in [0.29, 0.717) is 12.8 Å². The van der Waals surface area contributed by atoms with Gasteiger partial charge in [0.1, 0.15) is 0 Å². The van der Waals surface area contributed by atoms with E-state index < -0.39 is 16.2 Å². The van der Waals surface area contributed by atoms with Crippen LogP contribution < -0.4 is 0 Å². The highest BCUT2D eigenvalue weighted by atomic mass is 32.2. The Morgan fingerprint density at radius 1 is 1.09 bits per heavy atom. The maximum absolute atomic E-state index is 12.2. The van der Waals surface area contributed by atoms with Crippen LogP contribution in [0.1, 0.15) is 39.2 Å². The molecule has 23 heavy (non-hydrogen) atoms. The fourth-order valence-corrected chi connectivity index (χ4v) is 3.67. The van der Waals surface area contributed by atoms with Crippen LogP contribution >= 0.6 is 0 Å². The predicted octanol–water partition coefficient (Wildman–Crippen LogP) is 3.31. The molecule has 1 rings (SSSR count). The van der Waals surface area contributed by atoms with Crippen molar-refractivity contribution in [1.82, 2.24) is 0 Å². The normalized spacial score (nSPS) is 15.7. The predicted molar refractivity (Wildman–Crippen MR) is 88.5 cm³/mol. The molecule has 1 aromatic rings. The third kappa shape index (κ3) is 6.31. The third-order valence-corrected chi connectivity index (χ3v) is 5.13. The lowest BCUT2D eigenvalue weighted by Crippen LogP contribution is -2.21. The maximum Gasteiger partial charge on any atom is 0.308 e. The van der Waals surface area contributed by atoms with Gasteiger partial charge in [0, 0.05) is 0 Å². The van der Waals surface area contributed by atoms with E-state index in [2.05, 4.69) is 0 Å². The molecule has 0 heterocycles. The molecule has 1 aromatic carbocycles. The second-order valence-electron chi connectivity index (χ2n) is 6.17. The molecule has 0 aliphatic carbocycles. The second kappa shape index (κ2) is 8.45. The smallest absolute Gasteiger partial charge is 0.308 e.